The fraction of sp³-hybridized carbons (Fsp3) is 1.00. The highest BCUT2D eigenvalue weighted by atomic mass is 32.2. The molecule has 0 aromatic heterocycles. The molecule has 0 radical (unpaired) electrons. The van der Waals surface area contributed by atoms with Crippen LogP contribution < -0.4 is 0 Å². The predicted molar refractivity (Wildman–Crippen MR) is 49.8 cm³/mol. The third-order valence-electron chi connectivity index (χ3n) is 1.42. The maximum Gasteiger partial charge on any atom is 0.510 e. The van der Waals surface area contributed by atoms with Gasteiger partial charge in [0, 0.05) is 21.3 Å². The highest BCUT2D eigenvalue weighted by Gasteiger charge is 2.37. The smallest absolute Gasteiger partial charge is 0.376 e. The van der Waals surface area contributed by atoms with Crippen molar-refractivity contribution in [2.75, 3.05) is 32.5 Å². The van der Waals surface area contributed by atoms with Crippen molar-refractivity contribution in [1.29, 1.82) is 0 Å². The zero-order chi connectivity index (χ0) is 8.74. The van der Waals surface area contributed by atoms with Crippen LogP contribution in [0.2, 0.25) is 0 Å². The Hall–Kier alpha value is 0.447. The van der Waals surface area contributed by atoms with E-state index < -0.39 is 8.80 Å². The molecule has 0 bridgehead atoms. The quantitative estimate of drug-likeness (QED) is 0.596. The topological polar surface area (TPSA) is 27.7 Å². The van der Waals surface area contributed by atoms with Crippen LogP contribution in [0, 0.1) is 0 Å². The molecule has 68 valence electrons. The summed E-state index contributed by atoms with van der Waals surface area (Å²) in [6.07, 6.45) is 0. The molecule has 5 heteroatoms. The maximum atomic E-state index is 5.21. The van der Waals surface area contributed by atoms with Gasteiger partial charge in [-0.15, -0.1) is 0 Å². The summed E-state index contributed by atoms with van der Waals surface area (Å²) < 4.78 is 15.6. The number of thioether (sulfide) groups is 1. The van der Waals surface area contributed by atoms with Crippen LogP contribution >= 0.6 is 11.8 Å². The fourth-order valence-electron chi connectivity index (χ4n) is 0.654. The minimum absolute atomic E-state index is 0.826. The lowest BCUT2D eigenvalue weighted by Crippen LogP contribution is -2.46. The van der Waals surface area contributed by atoms with Gasteiger partial charge in [0.15, 0.2) is 0 Å². The first-order valence-corrected chi connectivity index (χ1v) is 6.56. The SMILES string of the molecule is CCSC[Si](OC)(OC)OC. The van der Waals surface area contributed by atoms with Gasteiger partial charge in [0.1, 0.15) is 0 Å². The summed E-state index contributed by atoms with van der Waals surface area (Å²) in [6.45, 7) is 2.10. The monoisotopic (exact) mass is 196 g/mol. The highest BCUT2D eigenvalue weighted by Crippen LogP contribution is 2.13. The van der Waals surface area contributed by atoms with E-state index in [4.69, 9.17) is 13.3 Å². The summed E-state index contributed by atoms with van der Waals surface area (Å²) in [4.78, 5) is 0. The molecular formula is C6H16O3SSi. The first kappa shape index (κ1) is 11.4. The molecular weight excluding hydrogens is 180 g/mol. The molecule has 11 heavy (non-hydrogen) atoms. The van der Waals surface area contributed by atoms with Crippen LogP contribution in [0.1, 0.15) is 6.92 Å². The van der Waals surface area contributed by atoms with Crippen LogP contribution in [0.25, 0.3) is 0 Å². The Morgan fingerprint density at radius 1 is 1.09 bits per heavy atom. The lowest BCUT2D eigenvalue weighted by molar-refractivity contribution is 0.130. The molecule has 0 heterocycles. The van der Waals surface area contributed by atoms with Crippen molar-refractivity contribution < 1.29 is 13.3 Å². The third kappa shape index (κ3) is 3.57. The minimum atomic E-state index is -2.28. The summed E-state index contributed by atoms with van der Waals surface area (Å²) in [5.41, 5.74) is 0. The van der Waals surface area contributed by atoms with Gasteiger partial charge in [0.05, 0.1) is 5.38 Å². The Bertz CT molecular complexity index is 89.6. The van der Waals surface area contributed by atoms with E-state index in [0.717, 1.165) is 11.1 Å². The zero-order valence-electron chi connectivity index (χ0n) is 7.55. The van der Waals surface area contributed by atoms with Gasteiger partial charge in [-0.1, -0.05) is 6.92 Å². The summed E-state index contributed by atoms with van der Waals surface area (Å²) >= 11 is 1.78. The predicted octanol–water partition coefficient (Wildman–Crippen LogP) is 1.16. The Morgan fingerprint density at radius 3 is 1.82 bits per heavy atom. The van der Waals surface area contributed by atoms with Crippen molar-refractivity contribution in [3.8, 4) is 0 Å². The largest absolute Gasteiger partial charge is 0.510 e. The number of hydrogen-bond donors (Lipinski definition) is 0. The molecule has 0 amide bonds. The Kier molecular flexibility index (Phi) is 6.26. The molecule has 0 fully saturated rings. The first-order valence-electron chi connectivity index (χ1n) is 3.48. The van der Waals surface area contributed by atoms with Crippen molar-refractivity contribution in [1.82, 2.24) is 0 Å². The number of hydrogen-bond acceptors (Lipinski definition) is 4. The lowest BCUT2D eigenvalue weighted by atomic mass is 11.0. The van der Waals surface area contributed by atoms with Gasteiger partial charge in [0.2, 0.25) is 0 Å². The van der Waals surface area contributed by atoms with Gasteiger partial charge in [-0.05, 0) is 5.75 Å². The maximum absolute atomic E-state index is 5.21. The van der Waals surface area contributed by atoms with E-state index in [1.54, 1.807) is 33.1 Å². The zero-order valence-corrected chi connectivity index (χ0v) is 9.36. The molecule has 0 spiro atoms. The highest BCUT2D eigenvalue weighted by molar-refractivity contribution is 8.00. The lowest BCUT2D eigenvalue weighted by Gasteiger charge is -2.23. The molecule has 0 unspecified atom stereocenters. The van der Waals surface area contributed by atoms with Crippen molar-refractivity contribution in [3.05, 3.63) is 0 Å². The number of rotatable bonds is 6. The van der Waals surface area contributed by atoms with Crippen LogP contribution in [-0.2, 0) is 13.3 Å². The summed E-state index contributed by atoms with van der Waals surface area (Å²) in [5.74, 6) is 1.06. The van der Waals surface area contributed by atoms with Crippen LogP contribution in [0.3, 0.4) is 0 Å². The first-order chi connectivity index (χ1) is 5.24. The van der Waals surface area contributed by atoms with E-state index in [-0.39, 0.29) is 0 Å². The molecule has 0 aromatic carbocycles. The van der Waals surface area contributed by atoms with E-state index in [9.17, 15) is 0 Å². The molecule has 0 saturated carbocycles. The van der Waals surface area contributed by atoms with E-state index >= 15 is 0 Å². The van der Waals surface area contributed by atoms with E-state index in [0.29, 0.717) is 0 Å². The molecule has 0 aromatic rings. The van der Waals surface area contributed by atoms with E-state index in [1.165, 1.54) is 0 Å². The van der Waals surface area contributed by atoms with Crippen molar-refractivity contribution in [2.24, 2.45) is 0 Å². The van der Waals surface area contributed by atoms with Gasteiger partial charge in [-0.2, -0.15) is 11.8 Å². The molecule has 0 aliphatic carbocycles. The Labute approximate surface area is 73.8 Å². The standard InChI is InChI=1S/C6H16O3SSi/c1-5-10-6-11(7-2,8-3)9-4/h5-6H2,1-4H3. The Balaban J connectivity index is 3.84. The van der Waals surface area contributed by atoms with E-state index in [2.05, 4.69) is 6.92 Å². The molecule has 0 N–H and O–H groups in total. The van der Waals surface area contributed by atoms with Gasteiger partial charge < -0.3 is 13.3 Å². The van der Waals surface area contributed by atoms with Crippen LogP contribution in [0.4, 0.5) is 0 Å². The summed E-state index contributed by atoms with van der Waals surface area (Å²) in [5, 5.41) is 0.826. The average molecular weight is 196 g/mol. The van der Waals surface area contributed by atoms with Crippen LogP contribution in [0.5, 0.6) is 0 Å². The summed E-state index contributed by atoms with van der Waals surface area (Å²) in [6, 6.07) is 0. The molecule has 0 saturated heterocycles. The second-order valence-electron chi connectivity index (χ2n) is 1.93. The van der Waals surface area contributed by atoms with Crippen molar-refractivity contribution in [3.63, 3.8) is 0 Å². The summed E-state index contributed by atoms with van der Waals surface area (Å²) in [7, 11) is 2.63. The van der Waals surface area contributed by atoms with Gasteiger partial charge in [-0.3, -0.25) is 0 Å². The van der Waals surface area contributed by atoms with Crippen LogP contribution in [0.15, 0.2) is 0 Å². The molecule has 3 nitrogen and oxygen atoms in total. The van der Waals surface area contributed by atoms with Gasteiger partial charge in [-0.25, -0.2) is 0 Å². The second kappa shape index (κ2) is 6.02. The minimum Gasteiger partial charge on any atom is -0.376 e. The molecule has 0 aliphatic rings. The van der Waals surface area contributed by atoms with E-state index in [1.807, 2.05) is 0 Å². The average Bonchev–Trinajstić information content (AvgIpc) is 2.08. The van der Waals surface area contributed by atoms with Gasteiger partial charge >= 0.3 is 8.80 Å². The Morgan fingerprint density at radius 2 is 1.55 bits per heavy atom. The van der Waals surface area contributed by atoms with Crippen molar-refractivity contribution >= 4 is 20.6 Å². The molecule has 0 rings (SSSR count). The normalized spacial score (nSPS) is 12.0. The molecule has 0 aliphatic heterocycles. The molecule has 0 atom stereocenters. The fourth-order valence-corrected chi connectivity index (χ4v) is 4.38. The second-order valence-corrected chi connectivity index (χ2v) is 6.66. The third-order valence-corrected chi connectivity index (χ3v) is 5.92. The van der Waals surface area contributed by atoms with Crippen LogP contribution in [-0.4, -0.2) is 41.3 Å². The van der Waals surface area contributed by atoms with Crippen molar-refractivity contribution in [2.45, 2.75) is 6.92 Å². The van der Waals surface area contributed by atoms with Gasteiger partial charge in [0.25, 0.3) is 0 Å².